The van der Waals surface area contributed by atoms with Gasteiger partial charge in [-0.15, -0.1) is 0 Å². The number of ether oxygens (including phenoxy) is 2. The first-order chi connectivity index (χ1) is 12.8. The Kier molecular flexibility index (Phi) is 4.16. The number of pyridine rings is 1. The predicted molar refractivity (Wildman–Crippen MR) is 95.8 cm³/mol. The van der Waals surface area contributed by atoms with E-state index in [9.17, 15) is 0 Å². The van der Waals surface area contributed by atoms with Gasteiger partial charge < -0.3 is 19.7 Å². The van der Waals surface area contributed by atoms with Gasteiger partial charge in [0.1, 0.15) is 5.75 Å². The summed E-state index contributed by atoms with van der Waals surface area (Å²) in [5, 5.41) is 13.9. The smallest absolute Gasteiger partial charge is 0.237 e. The van der Waals surface area contributed by atoms with Crippen molar-refractivity contribution in [3.05, 3.63) is 54.2 Å². The highest BCUT2D eigenvalue weighted by atomic mass is 16.5. The maximum Gasteiger partial charge on any atom is 0.237 e. The number of fused-ring (bicyclic) bond motifs is 3. The van der Waals surface area contributed by atoms with E-state index < -0.39 is 0 Å². The number of aromatic nitrogens is 4. The third kappa shape index (κ3) is 2.82. The van der Waals surface area contributed by atoms with Crippen molar-refractivity contribution in [2.75, 3.05) is 7.11 Å². The standard InChI is InChI=1S/C18H15N5O3/c1-25-10-13-15(8-22-24)21-7-16-18(13)12-6-11(2-3-14(12)23-16)26-17-9-19-4-5-20-17/h2-9,23-24H,10H2,1H3/b22-8-. The fourth-order valence-corrected chi connectivity index (χ4v) is 2.93. The molecule has 0 saturated carbocycles. The van der Waals surface area contributed by atoms with Crippen LogP contribution < -0.4 is 4.74 Å². The Labute approximate surface area is 148 Å². The Bertz CT molecular complexity index is 1090. The lowest BCUT2D eigenvalue weighted by Gasteiger charge is -2.07. The van der Waals surface area contributed by atoms with Crippen LogP contribution in [-0.4, -0.2) is 38.5 Å². The van der Waals surface area contributed by atoms with Crippen LogP contribution in [0.15, 0.2) is 48.1 Å². The first-order valence-corrected chi connectivity index (χ1v) is 7.83. The molecular formula is C18H15N5O3. The van der Waals surface area contributed by atoms with E-state index in [4.69, 9.17) is 14.7 Å². The van der Waals surface area contributed by atoms with Crippen molar-refractivity contribution in [2.24, 2.45) is 5.16 Å². The lowest BCUT2D eigenvalue weighted by molar-refractivity contribution is 0.185. The molecule has 0 spiro atoms. The Morgan fingerprint density at radius 1 is 1.19 bits per heavy atom. The van der Waals surface area contributed by atoms with Gasteiger partial charge in [0.15, 0.2) is 0 Å². The average molecular weight is 349 g/mol. The molecule has 0 radical (unpaired) electrons. The normalized spacial score (nSPS) is 11.6. The van der Waals surface area contributed by atoms with Crippen molar-refractivity contribution in [1.29, 1.82) is 0 Å². The molecule has 3 aromatic heterocycles. The zero-order chi connectivity index (χ0) is 17.9. The third-order valence-electron chi connectivity index (χ3n) is 3.97. The van der Waals surface area contributed by atoms with Crippen molar-refractivity contribution in [3.8, 4) is 11.6 Å². The highest BCUT2D eigenvalue weighted by molar-refractivity contribution is 6.10. The SMILES string of the molecule is COCc1c(/C=N\O)ncc2[nH]c3ccc(Oc4cnccn4)cc3c12. The van der Waals surface area contributed by atoms with Gasteiger partial charge in [0.25, 0.3) is 0 Å². The van der Waals surface area contributed by atoms with Crippen LogP contribution in [0.25, 0.3) is 21.8 Å². The second-order valence-corrected chi connectivity index (χ2v) is 5.57. The molecule has 3 heterocycles. The van der Waals surface area contributed by atoms with Crippen LogP contribution in [0.1, 0.15) is 11.3 Å². The quantitative estimate of drug-likeness (QED) is 0.325. The minimum atomic E-state index is 0.327. The Morgan fingerprint density at radius 2 is 2.12 bits per heavy atom. The predicted octanol–water partition coefficient (Wildman–Crippen LogP) is 3.25. The lowest BCUT2D eigenvalue weighted by atomic mass is 10.1. The fourth-order valence-electron chi connectivity index (χ4n) is 2.93. The van der Waals surface area contributed by atoms with Gasteiger partial charge in [0, 0.05) is 41.4 Å². The summed E-state index contributed by atoms with van der Waals surface area (Å²) >= 11 is 0. The summed E-state index contributed by atoms with van der Waals surface area (Å²) in [5.74, 6) is 1.05. The highest BCUT2D eigenvalue weighted by Crippen LogP contribution is 2.33. The van der Waals surface area contributed by atoms with Crippen LogP contribution in [0.2, 0.25) is 0 Å². The van der Waals surface area contributed by atoms with Gasteiger partial charge in [-0.05, 0) is 18.2 Å². The van der Waals surface area contributed by atoms with Crippen molar-refractivity contribution < 1.29 is 14.7 Å². The topological polar surface area (TPSA) is 106 Å². The second kappa shape index (κ2) is 6.77. The lowest BCUT2D eigenvalue weighted by Crippen LogP contribution is -1.99. The summed E-state index contributed by atoms with van der Waals surface area (Å²) in [6, 6.07) is 5.70. The second-order valence-electron chi connectivity index (χ2n) is 5.57. The Hall–Kier alpha value is -3.52. The summed E-state index contributed by atoms with van der Waals surface area (Å²) in [6.07, 6.45) is 7.71. The zero-order valence-corrected chi connectivity index (χ0v) is 13.9. The average Bonchev–Trinajstić information content (AvgIpc) is 3.03. The molecular weight excluding hydrogens is 334 g/mol. The number of methoxy groups -OCH3 is 1. The van der Waals surface area contributed by atoms with E-state index in [0.717, 1.165) is 27.4 Å². The number of hydrogen-bond acceptors (Lipinski definition) is 7. The molecule has 8 nitrogen and oxygen atoms in total. The molecule has 130 valence electrons. The van der Waals surface area contributed by atoms with Crippen LogP contribution in [0, 0.1) is 0 Å². The molecule has 0 fully saturated rings. The number of aromatic amines is 1. The number of nitrogens with one attached hydrogen (secondary N) is 1. The van der Waals surface area contributed by atoms with E-state index in [1.54, 1.807) is 31.9 Å². The molecule has 4 aromatic rings. The van der Waals surface area contributed by atoms with E-state index >= 15 is 0 Å². The minimum Gasteiger partial charge on any atom is -0.437 e. The molecule has 1 aromatic carbocycles. The molecule has 0 aliphatic rings. The fraction of sp³-hybridized carbons (Fsp3) is 0.111. The summed E-state index contributed by atoms with van der Waals surface area (Å²) in [5.41, 5.74) is 3.16. The van der Waals surface area contributed by atoms with Crippen LogP contribution in [0.4, 0.5) is 0 Å². The van der Waals surface area contributed by atoms with Crippen LogP contribution >= 0.6 is 0 Å². The van der Waals surface area contributed by atoms with Crippen molar-refractivity contribution >= 4 is 28.0 Å². The Balaban J connectivity index is 1.90. The number of H-pyrrole nitrogens is 1. The van der Waals surface area contributed by atoms with Crippen molar-refractivity contribution in [1.82, 2.24) is 19.9 Å². The van der Waals surface area contributed by atoms with Crippen molar-refractivity contribution in [3.63, 3.8) is 0 Å². The summed E-state index contributed by atoms with van der Waals surface area (Å²) in [7, 11) is 1.61. The van der Waals surface area contributed by atoms with Gasteiger partial charge in [0.2, 0.25) is 5.88 Å². The van der Waals surface area contributed by atoms with Gasteiger partial charge in [-0.2, -0.15) is 0 Å². The molecule has 0 aliphatic carbocycles. The maximum atomic E-state index is 8.90. The number of rotatable bonds is 5. The van der Waals surface area contributed by atoms with Gasteiger partial charge in [-0.3, -0.25) is 9.97 Å². The van der Waals surface area contributed by atoms with Gasteiger partial charge in [-0.1, -0.05) is 5.16 Å². The summed E-state index contributed by atoms with van der Waals surface area (Å²) in [4.78, 5) is 15.8. The molecule has 0 aliphatic heterocycles. The zero-order valence-electron chi connectivity index (χ0n) is 13.9. The largest absolute Gasteiger partial charge is 0.437 e. The first kappa shape index (κ1) is 16.0. The molecule has 0 bridgehead atoms. The molecule has 8 heteroatoms. The molecule has 0 atom stereocenters. The maximum absolute atomic E-state index is 8.90. The molecule has 4 rings (SSSR count). The summed E-state index contributed by atoms with van der Waals surface area (Å²) < 4.78 is 11.1. The number of oxime groups is 1. The molecule has 2 N–H and O–H groups in total. The molecule has 0 saturated heterocycles. The molecule has 0 amide bonds. The molecule has 26 heavy (non-hydrogen) atoms. The van der Waals surface area contributed by atoms with Crippen molar-refractivity contribution in [2.45, 2.75) is 6.61 Å². The van der Waals surface area contributed by atoms with Gasteiger partial charge in [-0.25, -0.2) is 4.98 Å². The monoisotopic (exact) mass is 349 g/mol. The van der Waals surface area contributed by atoms with E-state index in [0.29, 0.717) is 23.9 Å². The first-order valence-electron chi connectivity index (χ1n) is 7.83. The van der Waals surface area contributed by atoms with E-state index in [1.165, 1.54) is 6.21 Å². The minimum absolute atomic E-state index is 0.327. The number of benzene rings is 1. The van der Waals surface area contributed by atoms with Gasteiger partial charge in [0.05, 0.1) is 36.4 Å². The molecule has 0 unspecified atom stereocenters. The van der Waals surface area contributed by atoms with E-state index in [2.05, 4.69) is 25.1 Å². The number of hydrogen-bond donors (Lipinski definition) is 2. The Morgan fingerprint density at radius 3 is 2.88 bits per heavy atom. The van der Waals surface area contributed by atoms with Crippen LogP contribution in [0.5, 0.6) is 11.6 Å². The number of nitrogens with zero attached hydrogens (tertiary/aromatic N) is 4. The van der Waals surface area contributed by atoms with Crippen LogP contribution in [-0.2, 0) is 11.3 Å². The van der Waals surface area contributed by atoms with E-state index in [1.807, 2.05) is 18.2 Å². The van der Waals surface area contributed by atoms with E-state index in [-0.39, 0.29) is 0 Å². The summed E-state index contributed by atoms with van der Waals surface area (Å²) in [6.45, 7) is 0.327. The van der Waals surface area contributed by atoms with Gasteiger partial charge >= 0.3 is 0 Å². The highest BCUT2D eigenvalue weighted by Gasteiger charge is 2.14. The third-order valence-corrected chi connectivity index (χ3v) is 3.97. The van der Waals surface area contributed by atoms with Crippen LogP contribution in [0.3, 0.4) is 0 Å².